The Labute approximate surface area is 164 Å². The molecule has 0 atom stereocenters. The van der Waals surface area contributed by atoms with E-state index in [4.69, 9.17) is 14.5 Å². The number of aliphatic imine (C=N–C) groups is 1. The van der Waals surface area contributed by atoms with Crippen LogP contribution >= 0.6 is 0 Å². The van der Waals surface area contributed by atoms with Gasteiger partial charge in [0.1, 0.15) is 0 Å². The van der Waals surface area contributed by atoms with E-state index < -0.39 is 0 Å². The quantitative estimate of drug-likeness (QED) is 0.365. The van der Waals surface area contributed by atoms with Gasteiger partial charge in [0.15, 0.2) is 5.96 Å². The number of hydrogen-bond donors (Lipinski definition) is 1. The number of nitrogens with zero attached hydrogens (tertiary/aromatic N) is 3. The summed E-state index contributed by atoms with van der Waals surface area (Å²) in [6, 6.07) is 10.7. The number of ether oxygens (including phenoxy) is 2. The van der Waals surface area contributed by atoms with Crippen LogP contribution in [0.1, 0.15) is 25.3 Å². The number of methoxy groups -OCH3 is 1. The van der Waals surface area contributed by atoms with E-state index in [2.05, 4.69) is 52.4 Å². The molecular formula is C21H36N4O2. The molecule has 0 amide bonds. The normalized spacial score (nSPS) is 15.9. The Morgan fingerprint density at radius 1 is 1.04 bits per heavy atom. The Balaban J connectivity index is 1.68. The highest BCUT2D eigenvalue weighted by Gasteiger charge is 2.19. The predicted molar refractivity (Wildman–Crippen MR) is 111 cm³/mol. The third-order valence-corrected chi connectivity index (χ3v) is 4.65. The smallest absolute Gasteiger partial charge is 0.194 e. The van der Waals surface area contributed by atoms with Crippen molar-refractivity contribution in [3.63, 3.8) is 0 Å². The molecule has 0 radical (unpaired) electrons. The molecule has 1 N–H and O–H groups in total. The van der Waals surface area contributed by atoms with E-state index in [-0.39, 0.29) is 0 Å². The molecule has 0 spiro atoms. The fourth-order valence-corrected chi connectivity index (χ4v) is 3.13. The van der Waals surface area contributed by atoms with Gasteiger partial charge in [0.05, 0.1) is 13.2 Å². The average Bonchev–Trinajstić information content (AvgIpc) is 2.70. The molecule has 0 unspecified atom stereocenters. The van der Waals surface area contributed by atoms with Crippen LogP contribution in [-0.2, 0) is 16.0 Å². The van der Waals surface area contributed by atoms with Crippen LogP contribution in [0, 0.1) is 0 Å². The Morgan fingerprint density at radius 2 is 1.81 bits per heavy atom. The van der Waals surface area contributed by atoms with Gasteiger partial charge >= 0.3 is 0 Å². The molecule has 1 aromatic rings. The predicted octanol–water partition coefficient (Wildman–Crippen LogP) is 2.21. The van der Waals surface area contributed by atoms with Crippen molar-refractivity contribution >= 4 is 5.96 Å². The van der Waals surface area contributed by atoms with Crippen molar-refractivity contribution in [2.24, 2.45) is 4.99 Å². The van der Waals surface area contributed by atoms with Crippen molar-refractivity contribution in [1.29, 1.82) is 0 Å². The fourth-order valence-electron chi connectivity index (χ4n) is 3.13. The van der Waals surface area contributed by atoms with Gasteiger partial charge in [-0.3, -0.25) is 9.89 Å². The van der Waals surface area contributed by atoms with Crippen molar-refractivity contribution < 1.29 is 9.47 Å². The Morgan fingerprint density at radius 3 is 2.52 bits per heavy atom. The first-order valence-corrected chi connectivity index (χ1v) is 10.2. The number of unbranched alkanes of at least 4 members (excludes halogenated alkanes) is 1. The van der Waals surface area contributed by atoms with Gasteiger partial charge in [0.25, 0.3) is 0 Å². The molecule has 1 aromatic carbocycles. The molecule has 1 aliphatic heterocycles. The molecule has 0 aromatic heterocycles. The minimum Gasteiger partial charge on any atom is -0.382 e. The minimum absolute atomic E-state index is 0.666. The van der Waals surface area contributed by atoms with Gasteiger partial charge in [0.2, 0.25) is 0 Å². The minimum atomic E-state index is 0.666. The highest BCUT2D eigenvalue weighted by atomic mass is 16.5. The monoisotopic (exact) mass is 376 g/mol. The van der Waals surface area contributed by atoms with E-state index in [0.29, 0.717) is 13.2 Å². The number of rotatable bonds is 11. The summed E-state index contributed by atoms with van der Waals surface area (Å²) in [6.07, 6.45) is 2.09. The maximum Gasteiger partial charge on any atom is 0.194 e. The molecule has 0 aliphatic carbocycles. The van der Waals surface area contributed by atoms with Crippen molar-refractivity contribution in [2.75, 3.05) is 66.2 Å². The zero-order valence-electron chi connectivity index (χ0n) is 17.0. The maximum absolute atomic E-state index is 5.50. The highest BCUT2D eigenvalue weighted by Crippen LogP contribution is 2.08. The number of guanidine groups is 1. The Kier molecular flexibility index (Phi) is 10.9. The fraction of sp³-hybridized carbons (Fsp3) is 0.667. The van der Waals surface area contributed by atoms with Gasteiger partial charge in [-0.15, -0.1) is 0 Å². The summed E-state index contributed by atoms with van der Waals surface area (Å²) in [4.78, 5) is 9.72. The zero-order valence-corrected chi connectivity index (χ0v) is 17.0. The van der Waals surface area contributed by atoms with Crippen molar-refractivity contribution in [3.05, 3.63) is 35.9 Å². The van der Waals surface area contributed by atoms with Crippen molar-refractivity contribution in [1.82, 2.24) is 15.1 Å². The first-order chi connectivity index (χ1) is 13.3. The summed E-state index contributed by atoms with van der Waals surface area (Å²) in [6.45, 7) is 11.2. The second-order valence-electron chi connectivity index (χ2n) is 6.80. The summed E-state index contributed by atoms with van der Waals surface area (Å²) in [7, 11) is 1.70. The Hall–Kier alpha value is -1.63. The lowest BCUT2D eigenvalue weighted by Crippen LogP contribution is -2.52. The molecule has 1 heterocycles. The summed E-state index contributed by atoms with van der Waals surface area (Å²) in [5, 5.41) is 3.45. The lowest BCUT2D eigenvalue weighted by Gasteiger charge is -2.36. The lowest BCUT2D eigenvalue weighted by molar-refractivity contribution is 0.0690. The topological polar surface area (TPSA) is 49.3 Å². The van der Waals surface area contributed by atoms with E-state index in [1.165, 1.54) is 5.56 Å². The number of benzene rings is 1. The largest absolute Gasteiger partial charge is 0.382 e. The lowest BCUT2D eigenvalue weighted by atomic mass is 10.2. The SMILES string of the molecule is CCNC(=NCCCCOCCOC)N1CCN(Cc2ccccc2)CC1. The second-order valence-corrected chi connectivity index (χ2v) is 6.80. The van der Waals surface area contributed by atoms with Gasteiger partial charge < -0.3 is 19.7 Å². The summed E-state index contributed by atoms with van der Waals surface area (Å²) >= 11 is 0. The van der Waals surface area contributed by atoms with Crippen LogP contribution in [-0.4, -0.2) is 82.0 Å². The van der Waals surface area contributed by atoms with E-state index in [9.17, 15) is 0 Å². The van der Waals surface area contributed by atoms with E-state index in [0.717, 1.165) is 71.2 Å². The van der Waals surface area contributed by atoms with Gasteiger partial charge in [-0.2, -0.15) is 0 Å². The van der Waals surface area contributed by atoms with Gasteiger partial charge in [0, 0.05) is 59.5 Å². The zero-order chi connectivity index (χ0) is 19.2. The maximum atomic E-state index is 5.50. The Bertz CT molecular complexity index is 516. The van der Waals surface area contributed by atoms with Gasteiger partial charge in [-0.1, -0.05) is 30.3 Å². The van der Waals surface area contributed by atoms with Crippen LogP contribution < -0.4 is 5.32 Å². The second kappa shape index (κ2) is 13.5. The van der Waals surface area contributed by atoms with E-state index in [1.807, 2.05) is 0 Å². The molecule has 1 aliphatic rings. The molecule has 27 heavy (non-hydrogen) atoms. The molecule has 0 bridgehead atoms. The summed E-state index contributed by atoms with van der Waals surface area (Å²) in [5.41, 5.74) is 1.39. The van der Waals surface area contributed by atoms with Crippen LogP contribution in [0.25, 0.3) is 0 Å². The van der Waals surface area contributed by atoms with Gasteiger partial charge in [-0.25, -0.2) is 0 Å². The van der Waals surface area contributed by atoms with Crippen LogP contribution in [0.3, 0.4) is 0 Å². The van der Waals surface area contributed by atoms with Crippen LogP contribution in [0.5, 0.6) is 0 Å². The molecule has 1 fully saturated rings. The molecule has 0 saturated carbocycles. The molecule has 1 saturated heterocycles. The number of nitrogens with one attached hydrogen (secondary N) is 1. The molecular weight excluding hydrogens is 340 g/mol. The molecule has 2 rings (SSSR count). The van der Waals surface area contributed by atoms with Crippen LogP contribution in [0.2, 0.25) is 0 Å². The van der Waals surface area contributed by atoms with Crippen molar-refractivity contribution in [3.8, 4) is 0 Å². The number of piperazine rings is 1. The third-order valence-electron chi connectivity index (χ3n) is 4.65. The number of hydrogen-bond acceptors (Lipinski definition) is 4. The van der Waals surface area contributed by atoms with E-state index in [1.54, 1.807) is 7.11 Å². The summed E-state index contributed by atoms with van der Waals surface area (Å²) in [5.74, 6) is 1.05. The highest BCUT2D eigenvalue weighted by molar-refractivity contribution is 5.80. The third kappa shape index (κ3) is 8.73. The van der Waals surface area contributed by atoms with E-state index >= 15 is 0 Å². The molecule has 152 valence electrons. The molecule has 6 heteroatoms. The first kappa shape index (κ1) is 21.7. The van der Waals surface area contributed by atoms with Gasteiger partial charge in [-0.05, 0) is 25.3 Å². The van der Waals surface area contributed by atoms with Crippen LogP contribution in [0.15, 0.2) is 35.3 Å². The first-order valence-electron chi connectivity index (χ1n) is 10.2. The summed E-state index contributed by atoms with van der Waals surface area (Å²) < 4.78 is 10.5. The molecule has 6 nitrogen and oxygen atoms in total. The standard InChI is InChI=1S/C21H36N4O2/c1-3-22-21(23-11-7-8-16-27-18-17-26-2)25-14-12-24(13-15-25)19-20-9-5-4-6-10-20/h4-6,9-10H,3,7-8,11-19H2,1-2H3,(H,22,23). The van der Waals surface area contributed by atoms with Crippen LogP contribution in [0.4, 0.5) is 0 Å². The average molecular weight is 377 g/mol. The van der Waals surface area contributed by atoms with Crippen molar-refractivity contribution in [2.45, 2.75) is 26.3 Å².